The number of piperazine rings is 1. The van der Waals surface area contributed by atoms with E-state index in [4.69, 9.17) is 0 Å². The lowest BCUT2D eigenvalue weighted by atomic mass is 9.84. The minimum atomic E-state index is 0.790. The van der Waals surface area contributed by atoms with Crippen LogP contribution in [0.15, 0.2) is 0 Å². The molecule has 0 radical (unpaired) electrons. The second kappa shape index (κ2) is 8.23. The van der Waals surface area contributed by atoms with Gasteiger partial charge >= 0.3 is 0 Å². The molecule has 0 amide bonds. The Morgan fingerprint density at radius 1 is 0.947 bits per heavy atom. The van der Waals surface area contributed by atoms with Gasteiger partial charge in [0.15, 0.2) is 0 Å². The van der Waals surface area contributed by atoms with E-state index in [1.807, 2.05) is 0 Å². The molecule has 2 unspecified atom stereocenters. The summed E-state index contributed by atoms with van der Waals surface area (Å²) < 4.78 is 0. The van der Waals surface area contributed by atoms with Gasteiger partial charge in [-0.25, -0.2) is 0 Å². The van der Waals surface area contributed by atoms with Crippen molar-refractivity contribution in [3.05, 3.63) is 0 Å². The van der Waals surface area contributed by atoms with E-state index in [1.165, 1.54) is 77.9 Å². The lowest BCUT2D eigenvalue weighted by Gasteiger charge is -2.39. The highest BCUT2D eigenvalue weighted by atomic mass is 15.3. The maximum absolute atomic E-state index is 3.79. The SMILES string of the molecule is CCCNC1CCCCC1CN1CCN(CC)CC1. The van der Waals surface area contributed by atoms with Crippen molar-refractivity contribution in [3.8, 4) is 0 Å². The van der Waals surface area contributed by atoms with E-state index in [-0.39, 0.29) is 0 Å². The normalized spacial score (nSPS) is 30.6. The standard InChI is InChI=1S/C16H33N3/c1-3-9-17-16-8-6-5-7-15(16)14-19-12-10-18(4-2)11-13-19/h15-17H,3-14H2,1-2H3. The molecular weight excluding hydrogens is 234 g/mol. The van der Waals surface area contributed by atoms with Gasteiger partial charge in [-0.1, -0.05) is 26.7 Å². The Bertz CT molecular complexity index is 236. The first-order valence-corrected chi connectivity index (χ1v) is 8.51. The topological polar surface area (TPSA) is 18.5 Å². The number of rotatable bonds is 6. The van der Waals surface area contributed by atoms with Crippen LogP contribution < -0.4 is 5.32 Å². The van der Waals surface area contributed by atoms with E-state index in [0.29, 0.717) is 0 Å². The zero-order chi connectivity index (χ0) is 13.5. The van der Waals surface area contributed by atoms with Crippen LogP contribution in [0.4, 0.5) is 0 Å². The quantitative estimate of drug-likeness (QED) is 0.796. The number of hydrogen-bond donors (Lipinski definition) is 1. The molecule has 1 saturated heterocycles. The van der Waals surface area contributed by atoms with Crippen molar-refractivity contribution < 1.29 is 0 Å². The zero-order valence-corrected chi connectivity index (χ0v) is 13.0. The summed E-state index contributed by atoms with van der Waals surface area (Å²) in [4.78, 5) is 5.28. The summed E-state index contributed by atoms with van der Waals surface area (Å²) in [6.07, 6.45) is 6.98. The van der Waals surface area contributed by atoms with Crippen molar-refractivity contribution in [3.63, 3.8) is 0 Å². The van der Waals surface area contributed by atoms with Gasteiger partial charge in [-0.05, 0) is 38.3 Å². The summed E-state index contributed by atoms with van der Waals surface area (Å²) in [6.45, 7) is 13.4. The molecule has 3 nitrogen and oxygen atoms in total. The van der Waals surface area contributed by atoms with Crippen molar-refractivity contribution in [2.24, 2.45) is 5.92 Å². The molecule has 2 aliphatic rings. The van der Waals surface area contributed by atoms with Crippen LogP contribution in [0.2, 0.25) is 0 Å². The minimum absolute atomic E-state index is 0.790. The number of likely N-dealkylation sites (N-methyl/N-ethyl adjacent to an activating group) is 1. The van der Waals surface area contributed by atoms with E-state index < -0.39 is 0 Å². The highest BCUT2D eigenvalue weighted by Gasteiger charge is 2.27. The first kappa shape index (κ1) is 15.3. The molecule has 2 fully saturated rings. The molecule has 19 heavy (non-hydrogen) atoms. The summed E-state index contributed by atoms with van der Waals surface area (Å²) >= 11 is 0. The van der Waals surface area contributed by atoms with Gasteiger partial charge in [-0.2, -0.15) is 0 Å². The van der Waals surface area contributed by atoms with E-state index in [9.17, 15) is 0 Å². The molecule has 1 saturated carbocycles. The maximum Gasteiger partial charge on any atom is 0.0110 e. The highest BCUT2D eigenvalue weighted by Crippen LogP contribution is 2.25. The largest absolute Gasteiger partial charge is 0.314 e. The molecule has 0 aromatic heterocycles. The third-order valence-electron chi connectivity index (χ3n) is 4.97. The average molecular weight is 267 g/mol. The third-order valence-corrected chi connectivity index (χ3v) is 4.97. The van der Waals surface area contributed by atoms with Gasteiger partial charge in [-0.3, -0.25) is 0 Å². The fourth-order valence-corrected chi connectivity index (χ4v) is 3.64. The monoisotopic (exact) mass is 267 g/mol. The van der Waals surface area contributed by atoms with Gasteiger partial charge in [0.05, 0.1) is 0 Å². The maximum atomic E-state index is 3.79. The minimum Gasteiger partial charge on any atom is -0.314 e. The van der Waals surface area contributed by atoms with Crippen LogP contribution in [0.5, 0.6) is 0 Å². The van der Waals surface area contributed by atoms with Crippen LogP contribution in [0.3, 0.4) is 0 Å². The second-order valence-electron chi connectivity index (χ2n) is 6.34. The predicted molar refractivity (Wildman–Crippen MR) is 82.6 cm³/mol. The summed E-state index contributed by atoms with van der Waals surface area (Å²) in [6, 6.07) is 0.790. The Morgan fingerprint density at radius 2 is 1.63 bits per heavy atom. The van der Waals surface area contributed by atoms with Gasteiger partial charge < -0.3 is 15.1 Å². The Morgan fingerprint density at radius 3 is 2.32 bits per heavy atom. The van der Waals surface area contributed by atoms with Gasteiger partial charge in [0, 0.05) is 38.8 Å². The zero-order valence-electron chi connectivity index (χ0n) is 13.0. The second-order valence-corrected chi connectivity index (χ2v) is 6.34. The summed E-state index contributed by atoms with van der Waals surface area (Å²) in [5, 5.41) is 3.79. The molecule has 0 aromatic carbocycles. The molecule has 112 valence electrons. The molecule has 1 heterocycles. The van der Waals surface area contributed by atoms with E-state index >= 15 is 0 Å². The van der Waals surface area contributed by atoms with Gasteiger partial charge in [0.2, 0.25) is 0 Å². The van der Waals surface area contributed by atoms with Crippen LogP contribution in [0.1, 0.15) is 46.0 Å². The molecule has 0 spiro atoms. The molecule has 3 heteroatoms. The summed E-state index contributed by atoms with van der Waals surface area (Å²) in [5.41, 5.74) is 0. The highest BCUT2D eigenvalue weighted by molar-refractivity contribution is 4.84. The Kier molecular flexibility index (Phi) is 6.62. The lowest BCUT2D eigenvalue weighted by molar-refractivity contribution is 0.102. The van der Waals surface area contributed by atoms with Crippen LogP contribution in [-0.4, -0.2) is 61.7 Å². The first-order valence-electron chi connectivity index (χ1n) is 8.51. The molecule has 1 aliphatic heterocycles. The molecule has 2 rings (SSSR count). The molecule has 0 bridgehead atoms. The van der Waals surface area contributed by atoms with Crippen molar-refractivity contribution in [1.29, 1.82) is 0 Å². The summed E-state index contributed by atoms with van der Waals surface area (Å²) in [5.74, 6) is 0.897. The Labute approximate surface area is 119 Å². The van der Waals surface area contributed by atoms with Crippen LogP contribution in [-0.2, 0) is 0 Å². The average Bonchev–Trinajstić information content (AvgIpc) is 2.47. The van der Waals surface area contributed by atoms with Crippen molar-refractivity contribution >= 4 is 0 Å². The van der Waals surface area contributed by atoms with E-state index in [0.717, 1.165) is 12.0 Å². The van der Waals surface area contributed by atoms with Crippen molar-refractivity contribution in [2.75, 3.05) is 45.8 Å². The Hall–Kier alpha value is -0.120. The Balaban J connectivity index is 1.76. The van der Waals surface area contributed by atoms with Gasteiger partial charge in [0.1, 0.15) is 0 Å². The number of hydrogen-bond acceptors (Lipinski definition) is 3. The van der Waals surface area contributed by atoms with Gasteiger partial charge in [-0.15, -0.1) is 0 Å². The third kappa shape index (κ3) is 4.73. The molecule has 1 N–H and O–H groups in total. The molecule has 0 aromatic rings. The lowest BCUT2D eigenvalue weighted by Crippen LogP contribution is -2.50. The van der Waals surface area contributed by atoms with Crippen LogP contribution in [0.25, 0.3) is 0 Å². The van der Waals surface area contributed by atoms with Crippen LogP contribution in [0, 0.1) is 5.92 Å². The number of nitrogens with one attached hydrogen (secondary N) is 1. The van der Waals surface area contributed by atoms with E-state index in [1.54, 1.807) is 0 Å². The predicted octanol–water partition coefficient (Wildman–Crippen LogP) is 2.18. The van der Waals surface area contributed by atoms with E-state index in [2.05, 4.69) is 29.0 Å². The fraction of sp³-hybridized carbons (Fsp3) is 1.00. The number of nitrogens with zero attached hydrogens (tertiary/aromatic N) is 2. The fourth-order valence-electron chi connectivity index (χ4n) is 3.64. The first-order chi connectivity index (χ1) is 9.33. The van der Waals surface area contributed by atoms with Gasteiger partial charge in [0.25, 0.3) is 0 Å². The smallest absolute Gasteiger partial charge is 0.0110 e. The van der Waals surface area contributed by atoms with Crippen molar-refractivity contribution in [2.45, 2.75) is 52.0 Å². The molecule has 1 aliphatic carbocycles. The summed E-state index contributed by atoms with van der Waals surface area (Å²) in [7, 11) is 0. The molecule has 2 atom stereocenters. The van der Waals surface area contributed by atoms with Crippen molar-refractivity contribution in [1.82, 2.24) is 15.1 Å². The molecular formula is C16H33N3. The van der Waals surface area contributed by atoms with Crippen LogP contribution >= 0.6 is 0 Å².